The predicted octanol–water partition coefficient (Wildman–Crippen LogP) is 3.31. The third-order valence-electron chi connectivity index (χ3n) is 4.08. The van der Waals surface area contributed by atoms with Gasteiger partial charge in [-0.05, 0) is 42.8 Å². The van der Waals surface area contributed by atoms with Crippen LogP contribution in [0.4, 0.5) is 0 Å². The molecule has 0 saturated heterocycles. The third-order valence-corrected chi connectivity index (χ3v) is 6.18. The zero-order chi connectivity index (χ0) is 21.7. The summed E-state index contributed by atoms with van der Waals surface area (Å²) in [6.45, 7) is 1.87. The highest BCUT2D eigenvalue weighted by atomic mass is 32.2. The molecule has 30 heavy (non-hydrogen) atoms. The minimum absolute atomic E-state index is 0.0491. The van der Waals surface area contributed by atoms with Crippen molar-refractivity contribution in [2.24, 2.45) is 12.0 Å². The van der Waals surface area contributed by atoms with Gasteiger partial charge < -0.3 is 13.5 Å². The number of hydrogen-bond acceptors (Lipinski definition) is 6. The summed E-state index contributed by atoms with van der Waals surface area (Å²) in [5.74, 6) is -0.131. The van der Waals surface area contributed by atoms with Crippen molar-refractivity contribution in [2.75, 3.05) is 7.11 Å². The van der Waals surface area contributed by atoms with Crippen LogP contribution in [0.2, 0.25) is 0 Å². The van der Waals surface area contributed by atoms with Crippen molar-refractivity contribution in [2.45, 2.75) is 11.8 Å². The Bertz CT molecular complexity index is 1250. The maximum absolute atomic E-state index is 12.5. The first-order valence-corrected chi connectivity index (χ1v) is 11.1. The lowest BCUT2D eigenvalue weighted by molar-refractivity contribution is -0.113. The molecule has 1 aromatic heterocycles. The van der Waals surface area contributed by atoms with Gasteiger partial charge in [-0.2, -0.15) is 13.4 Å². The van der Waals surface area contributed by atoms with Gasteiger partial charge in [0, 0.05) is 24.7 Å². The van der Waals surface area contributed by atoms with Crippen LogP contribution < -0.4 is 13.7 Å². The van der Waals surface area contributed by atoms with Gasteiger partial charge in [-0.1, -0.05) is 23.8 Å². The second kappa shape index (κ2) is 9.10. The van der Waals surface area contributed by atoms with Crippen molar-refractivity contribution in [3.63, 3.8) is 0 Å². The Morgan fingerprint density at radius 1 is 1.13 bits per heavy atom. The summed E-state index contributed by atoms with van der Waals surface area (Å²) in [6.07, 6.45) is 4.72. The smallest absolute Gasteiger partial charge is 0.339 e. The molecule has 0 aliphatic rings. The predicted molar refractivity (Wildman–Crippen MR) is 115 cm³/mol. The van der Waals surface area contributed by atoms with Crippen molar-refractivity contribution in [1.29, 1.82) is 0 Å². The van der Waals surface area contributed by atoms with Crippen LogP contribution in [0, 0.1) is 6.92 Å². The largest absolute Gasteiger partial charge is 0.493 e. The molecule has 0 aliphatic heterocycles. The van der Waals surface area contributed by atoms with E-state index in [1.807, 2.05) is 18.5 Å². The fourth-order valence-corrected chi connectivity index (χ4v) is 4.14. The number of nitrogens with zero attached hydrogens (tertiary/aromatic N) is 2. The Balaban J connectivity index is 1.80. The molecule has 2 aromatic carbocycles. The molecule has 3 aromatic rings. The Hall–Kier alpha value is -3.17. The molecule has 0 atom stereocenters. The molecule has 3 rings (SSSR count). The number of benzene rings is 2. The highest BCUT2D eigenvalue weighted by Crippen LogP contribution is 2.31. The lowest BCUT2D eigenvalue weighted by atomic mass is 10.2. The molecule has 9 heteroatoms. The summed E-state index contributed by atoms with van der Waals surface area (Å²) in [5.41, 5.74) is 1.57. The van der Waals surface area contributed by atoms with Gasteiger partial charge >= 0.3 is 10.1 Å². The van der Waals surface area contributed by atoms with Crippen molar-refractivity contribution in [3.05, 3.63) is 76.0 Å². The lowest BCUT2D eigenvalue weighted by Gasteiger charge is -2.11. The van der Waals surface area contributed by atoms with Gasteiger partial charge in [-0.25, -0.2) is 0 Å². The number of thiazole rings is 1. The van der Waals surface area contributed by atoms with Crippen molar-refractivity contribution < 1.29 is 22.1 Å². The molecular weight excluding hydrogens is 424 g/mol. The van der Waals surface area contributed by atoms with Gasteiger partial charge in [0.1, 0.15) is 4.90 Å². The van der Waals surface area contributed by atoms with E-state index in [4.69, 9.17) is 8.92 Å². The first-order chi connectivity index (χ1) is 14.3. The van der Waals surface area contributed by atoms with Crippen LogP contribution in [0.5, 0.6) is 11.5 Å². The molecular formula is C21H20N2O5S2. The SMILES string of the molecule is COc1cc(/C=C/C(=O)N=c2sccn2C)ccc1OS(=O)(=O)c1ccc(C)cc1. The minimum Gasteiger partial charge on any atom is -0.493 e. The Labute approximate surface area is 178 Å². The van der Waals surface area contributed by atoms with Crippen LogP contribution in [0.15, 0.2) is 70.0 Å². The highest BCUT2D eigenvalue weighted by molar-refractivity contribution is 7.87. The van der Waals surface area contributed by atoms with E-state index in [-0.39, 0.29) is 16.4 Å². The number of carbonyl (C=O) groups excluding carboxylic acids is 1. The van der Waals surface area contributed by atoms with Gasteiger partial charge in [0.15, 0.2) is 16.3 Å². The van der Waals surface area contributed by atoms with E-state index in [2.05, 4.69) is 4.99 Å². The van der Waals surface area contributed by atoms with Gasteiger partial charge in [0.25, 0.3) is 5.91 Å². The normalized spacial score (nSPS) is 12.3. The van der Waals surface area contributed by atoms with E-state index in [0.29, 0.717) is 10.4 Å². The van der Waals surface area contributed by atoms with Gasteiger partial charge in [0.05, 0.1) is 7.11 Å². The third kappa shape index (κ3) is 5.25. The van der Waals surface area contributed by atoms with Gasteiger partial charge in [0.2, 0.25) is 0 Å². The van der Waals surface area contributed by atoms with E-state index < -0.39 is 16.0 Å². The number of rotatable bonds is 6. The zero-order valence-corrected chi connectivity index (χ0v) is 18.2. The average molecular weight is 445 g/mol. The Morgan fingerprint density at radius 2 is 1.87 bits per heavy atom. The van der Waals surface area contributed by atoms with Crippen molar-refractivity contribution >= 4 is 33.4 Å². The van der Waals surface area contributed by atoms with Crippen LogP contribution in [-0.4, -0.2) is 26.0 Å². The first-order valence-electron chi connectivity index (χ1n) is 8.84. The average Bonchev–Trinajstić information content (AvgIpc) is 3.11. The van der Waals surface area contributed by atoms with Gasteiger partial charge in [-0.3, -0.25) is 4.79 Å². The molecule has 7 nitrogen and oxygen atoms in total. The Kier molecular flexibility index (Phi) is 6.53. The maximum atomic E-state index is 12.5. The number of ether oxygens (including phenoxy) is 1. The standard InChI is InChI=1S/C21H20N2O5S2/c1-15-4-8-17(9-5-15)30(25,26)28-18-10-6-16(14-19(18)27-3)7-11-20(24)22-21-23(2)12-13-29-21/h4-14H,1-3H3/b11-7+,22-21?. The molecule has 0 N–H and O–H groups in total. The van der Waals surface area contributed by atoms with Crippen molar-refractivity contribution in [3.8, 4) is 11.5 Å². The molecule has 0 spiro atoms. The molecule has 0 aliphatic carbocycles. The summed E-state index contributed by atoms with van der Waals surface area (Å²) in [4.78, 5) is 16.7. The number of aromatic nitrogens is 1. The molecule has 1 heterocycles. The summed E-state index contributed by atoms with van der Waals surface area (Å²) in [6, 6.07) is 11.0. The van der Waals surface area contributed by atoms with E-state index in [1.165, 1.54) is 42.7 Å². The Morgan fingerprint density at radius 3 is 2.50 bits per heavy atom. The van der Waals surface area contributed by atoms with Crippen LogP contribution in [-0.2, 0) is 22.0 Å². The van der Waals surface area contributed by atoms with Crippen molar-refractivity contribution in [1.82, 2.24) is 4.57 Å². The fourth-order valence-electron chi connectivity index (χ4n) is 2.46. The molecule has 156 valence electrons. The fraction of sp³-hybridized carbons (Fsp3) is 0.143. The second-order valence-electron chi connectivity index (χ2n) is 6.34. The number of methoxy groups -OCH3 is 1. The zero-order valence-electron chi connectivity index (χ0n) is 16.6. The highest BCUT2D eigenvalue weighted by Gasteiger charge is 2.19. The first kappa shape index (κ1) is 21.5. The number of carbonyl (C=O) groups is 1. The van der Waals surface area contributed by atoms with Crippen LogP contribution >= 0.6 is 11.3 Å². The molecule has 0 fully saturated rings. The second-order valence-corrected chi connectivity index (χ2v) is 8.76. The van der Waals surface area contributed by atoms with Crippen LogP contribution in [0.1, 0.15) is 11.1 Å². The molecule has 0 radical (unpaired) electrons. The monoisotopic (exact) mass is 444 g/mol. The number of amides is 1. The lowest BCUT2D eigenvalue weighted by Crippen LogP contribution is -2.11. The van der Waals surface area contributed by atoms with Crippen LogP contribution in [0.25, 0.3) is 6.08 Å². The quantitative estimate of drug-likeness (QED) is 0.430. The molecule has 0 bridgehead atoms. The topological polar surface area (TPSA) is 87.0 Å². The van der Waals surface area contributed by atoms with Crippen LogP contribution in [0.3, 0.4) is 0 Å². The minimum atomic E-state index is -4.00. The van der Waals surface area contributed by atoms with E-state index >= 15 is 0 Å². The summed E-state index contributed by atoms with van der Waals surface area (Å²) in [7, 11) is -0.788. The van der Waals surface area contributed by atoms with E-state index in [9.17, 15) is 13.2 Å². The maximum Gasteiger partial charge on any atom is 0.339 e. The van der Waals surface area contributed by atoms with E-state index in [0.717, 1.165) is 5.56 Å². The summed E-state index contributed by atoms with van der Waals surface area (Å²) in [5, 5.41) is 1.84. The number of aryl methyl sites for hydroxylation is 2. The van der Waals surface area contributed by atoms with E-state index in [1.54, 1.807) is 42.0 Å². The molecule has 0 saturated carbocycles. The summed E-state index contributed by atoms with van der Waals surface area (Å²) < 4.78 is 37.3. The molecule has 1 amide bonds. The number of hydrogen-bond donors (Lipinski definition) is 0. The molecule has 0 unspecified atom stereocenters. The van der Waals surface area contributed by atoms with Gasteiger partial charge in [-0.15, -0.1) is 11.3 Å². The summed E-state index contributed by atoms with van der Waals surface area (Å²) >= 11 is 1.36.